The molecule has 0 aromatic heterocycles. The minimum absolute atomic E-state index is 0.000948. The number of fused-ring (bicyclic) bond motifs is 3. The van der Waals surface area contributed by atoms with Gasteiger partial charge in [-0.25, -0.2) is 0 Å². The number of nitrogens with zero attached hydrogens (tertiary/aromatic N) is 2. The fraction of sp³-hybridized carbons (Fsp3) is 0.435. The monoisotopic (exact) mass is 396 g/mol. The fourth-order valence-electron chi connectivity index (χ4n) is 4.92. The second kappa shape index (κ2) is 8.05. The molecule has 0 saturated carbocycles. The van der Waals surface area contributed by atoms with Crippen molar-refractivity contribution in [1.29, 1.82) is 0 Å². The molecule has 2 aromatic carbocycles. The Morgan fingerprint density at radius 1 is 1.17 bits per heavy atom. The third-order valence-corrected chi connectivity index (χ3v) is 6.34. The van der Waals surface area contributed by atoms with Crippen LogP contribution in [0.2, 0.25) is 0 Å². The van der Waals surface area contributed by atoms with Gasteiger partial charge in [-0.2, -0.15) is 0 Å². The fourth-order valence-corrected chi connectivity index (χ4v) is 4.92. The predicted octanol–water partition coefficient (Wildman–Crippen LogP) is 2.71. The Labute approximate surface area is 171 Å². The minimum Gasteiger partial charge on any atom is -0.497 e. The maximum atomic E-state index is 12.7. The Hall–Kier alpha value is -2.57. The summed E-state index contributed by atoms with van der Waals surface area (Å²) in [6.45, 7) is 0.833. The van der Waals surface area contributed by atoms with Gasteiger partial charge < -0.3 is 24.4 Å². The standard InChI is InChI=1S/C23H28N2O4/c1-24-20-8-7-16(15-5-4-6-17(11-15)29-3)12-19(20)23-18(21(24)13-26)9-10-25(23)22(27)14-28-2/h4-8,11-12,18,21,23,26H,9-10,13-14H2,1-3H3/t18-,21+,23-/m1/s1. The molecule has 0 unspecified atom stereocenters. The quantitative estimate of drug-likeness (QED) is 0.842. The van der Waals surface area contributed by atoms with Crippen LogP contribution in [0.3, 0.4) is 0 Å². The van der Waals surface area contributed by atoms with Crippen molar-refractivity contribution in [2.24, 2.45) is 5.92 Å². The van der Waals surface area contributed by atoms with E-state index in [0.717, 1.165) is 34.5 Å². The Morgan fingerprint density at radius 2 is 1.97 bits per heavy atom. The van der Waals surface area contributed by atoms with Crippen molar-refractivity contribution >= 4 is 11.6 Å². The molecule has 4 rings (SSSR count). The third-order valence-electron chi connectivity index (χ3n) is 6.34. The first kappa shape index (κ1) is 19.7. The number of hydrogen-bond donors (Lipinski definition) is 1. The normalized spacial score (nSPS) is 23.0. The maximum Gasteiger partial charge on any atom is 0.249 e. The van der Waals surface area contributed by atoms with E-state index in [2.05, 4.69) is 29.2 Å². The van der Waals surface area contributed by atoms with E-state index >= 15 is 0 Å². The number of rotatable bonds is 5. The van der Waals surface area contributed by atoms with Gasteiger partial charge in [0, 0.05) is 32.3 Å². The molecule has 29 heavy (non-hydrogen) atoms. The number of amides is 1. The van der Waals surface area contributed by atoms with Crippen LogP contribution >= 0.6 is 0 Å². The molecule has 2 aliphatic heterocycles. The van der Waals surface area contributed by atoms with Crippen LogP contribution in [-0.4, -0.2) is 63.0 Å². The van der Waals surface area contributed by atoms with Gasteiger partial charge in [-0.1, -0.05) is 18.2 Å². The van der Waals surface area contributed by atoms with E-state index in [1.54, 1.807) is 14.2 Å². The Morgan fingerprint density at radius 3 is 2.69 bits per heavy atom. The van der Waals surface area contributed by atoms with E-state index in [4.69, 9.17) is 9.47 Å². The topological polar surface area (TPSA) is 62.2 Å². The number of aliphatic hydroxyl groups excluding tert-OH is 1. The zero-order chi connectivity index (χ0) is 20.5. The number of carbonyl (C=O) groups excluding carboxylic acids is 1. The SMILES string of the molecule is COCC(=O)N1CC[C@H]2[C@@H]1c1cc(-c3cccc(OC)c3)ccc1N(C)[C@H]2CO. The summed E-state index contributed by atoms with van der Waals surface area (Å²) < 4.78 is 10.5. The second-order valence-corrected chi connectivity index (χ2v) is 7.78. The molecule has 3 atom stereocenters. The largest absolute Gasteiger partial charge is 0.497 e. The van der Waals surface area contributed by atoms with Crippen molar-refractivity contribution in [2.45, 2.75) is 18.5 Å². The summed E-state index contributed by atoms with van der Waals surface area (Å²) in [4.78, 5) is 16.8. The highest BCUT2D eigenvalue weighted by Gasteiger charge is 2.47. The van der Waals surface area contributed by atoms with Crippen LogP contribution in [0.25, 0.3) is 11.1 Å². The van der Waals surface area contributed by atoms with Crippen LogP contribution in [0.5, 0.6) is 5.75 Å². The smallest absolute Gasteiger partial charge is 0.249 e. The van der Waals surface area contributed by atoms with Crippen LogP contribution in [0, 0.1) is 5.92 Å². The summed E-state index contributed by atoms with van der Waals surface area (Å²) >= 11 is 0. The van der Waals surface area contributed by atoms with Gasteiger partial charge in [0.05, 0.1) is 25.8 Å². The number of likely N-dealkylation sites (N-methyl/N-ethyl adjacent to an activating group) is 1. The molecule has 0 radical (unpaired) electrons. The van der Waals surface area contributed by atoms with Crippen LogP contribution < -0.4 is 9.64 Å². The van der Waals surface area contributed by atoms with Crippen molar-refractivity contribution in [3.8, 4) is 16.9 Å². The summed E-state index contributed by atoms with van der Waals surface area (Å²) in [7, 11) is 5.24. The highest BCUT2D eigenvalue weighted by molar-refractivity contribution is 5.80. The number of aliphatic hydroxyl groups is 1. The lowest BCUT2D eigenvalue weighted by Gasteiger charge is -2.44. The van der Waals surface area contributed by atoms with E-state index < -0.39 is 0 Å². The number of carbonyl (C=O) groups is 1. The number of ether oxygens (including phenoxy) is 2. The van der Waals surface area contributed by atoms with E-state index in [0.29, 0.717) is 6.54 Å². The van der Waals surface area contributed by atoms with Gasteiger partial charge in [0.2, 0.25) is 5.91 Å². The predicted molar refractivity (Wildman–Crippen MR) is 112 cm³/mol. The van der Waals surface area contributed by atoms with Gasteiger partial charge in [0.15, 0.2) is 0 Å². The molecule has 0 spiro atoms. The van der Waals surface area contributed by atoms with Gasteiger partial charge in [0.25, 0.3) is 0 Å². The van der Waals surface area contributed by atoms with Crippen LogP contribution in [0.4, 0.5) is 5.69 Å². The molecule has 1 N–H and O–H groups in total. The van der Waals surface area contributed by atoms with E-state index in [1.807, 2.05) is 30.1 Å². The highest BCUT2D eigenvalue weighted by Crippen LogP contribution is 2.49. The average molecular weight is 396 g/mol. The van der Waals surface area contributed by atoms with E-state index in [1.165, 1.54) is 0 Å². The number of anilines is 1. The Balaban J connectivity index is 1.80. The molecule has 6 nitrogen and oxygen atoms in total. The number of likely N-dealkylation sites (tertiary alicyclic amines) is 1. The molecule has 2 heterocycles. The van der Waals surface area contributed by atoms with Gasteiger partial charge in [-0.3, -0.25) is 4.79 Å². The lowest BCUT2D eigenvalue weighted by atomic mass is 9.81. The van der Waals surface area contributed by atoms with Gasteiger partial charge >= 0.3 is 0 Å². The molecule has 0 bridgehead atoms. The lowest BCUT2D eigenvalue weighted by molar-refractivity contribution is -0.136. The van der Waals surface area contributed by atoms with Crippen molar-refractivity contribution in [3.05, 3.63) is 48.0 Å². The second-order valence-electron chi connectivity index (χ2n) is 7.78. The molecule has 6 heteroatoms. The van der Waals surface area contributed by atoms with Crippen LogP contribution in [-0.2, 0) is 9.53 Å². The molecule has 0 aliphatic carbocycles. The molecular weight excluding hydrogens is 368 g/mol. The minimum atomic E-state index is -0.0495. The summed E-state index contributed by atoms with van der Waals surface area (Å²) in [6.07, 6.45) is 0.874. The first-order valence-electron chi connectivity index (χ1n) is 9.99. The van der Waals surface area contributed by atoms with E-state index in [-0.39, 0.29) is 37.1 Å². The molecule has 1 fully saturated rings. The van der Waals surface area contributed by atoms with Crippen molar-refractivity contribution in [3.63, 3.8) is 0 Å². The molecule has 2 aliphatic rings. The number of benzene rings is 2. The third kappa shape index (κ3) is 3.36. The summed E-state index contributed by atoms with van der Waals surface area (Å²) in [5, 5.41) is 10.1. The van der Waals surface area contributed by atoms with Crippen LogP contribution in [0.15, 0.2) is 42.5 Å². The first-order valence-corrected chi connectivity index (χ1v) is 9.99. The van der Waals surface area contributed by atoms with Crippen molar-refractivity contribution in [2.75, 3.05) is 45.9 Å². The molecular formula is C23H28N2O4. The molecule has 2 aromatic rings. The zero-order valence-electron chi connectivity index (χ0n) is 17.2. The number of hydrogen-bond acceptors (Lipinski definition) is 5. The Bertz CT molecular complexity index is 900. The van der Waals surface area contributed by atoms with Crippen LogP contribution in [0.1, 0.15) is 18.0 Å². The van der Waals surface area contributed by atoms with Gasteiger partial charge in [0.1, 0.15) is 12.4 Å². The average Bonchev–Trinajstić information content (AvgIpc) is 3.19. The molecule has 1 saturated heterocycles. The van der Waals surface area contributed by atoms with Gasteiger partial charge in [-0.05, 0) is 47.4 Å². The van der Waals surface area contributed by atoms with E-state index in [9.17, 15) is 9.90 Å². The summed E-state index contributed by atoms with van der Waals surface area (Å²) in [6, 6.07) is 14.3. The summed E-state index contributed by atoms with van der Waals surface area (Å²) in [5.74, 6) is 1.01. The lowest BCUT2D eigenvalue weighted by Crippen LogP contribution is -2.48. The highest BCUT2D eigenvalue weighted by atomic mass is 16.5. The molecule has 1 amide bonds. The van der Waals surface area contributed by atoms with Crippen molar-refractivity contribution in [1.82, 2.24) is 4.90 Å². The van der Waals surface area contributed by atoms with Crippen molar-refractivity contribution < 1.29 is 19.4 Å². The zero-order valence-corrected chi connectivity index (χ0v) is 17.2. The first-order chi connectivity index (χ1) is 14.1. The molecule has 154 valence electrons. The summed E-state index contributed by atoms with van der Waals surface area (Å²) in [5.41, 5.74) is 4.35. The number of methoxy groups -OCH3 is 2. The van der Waals surface area contributed by atoms with Gasteiger partial charge in [-0.15, -0.1) is 0 Å². The Kier molecular flexibility index (Phi) is 5.48. The maximum absolute atomic E-state index is 12.7.